The Morgan fingerprint density at radius 1 is 0.483 bits per heavy atom. The van der Waals surface area contributed by atoms with Crippen LogP contribution in [0.3, 0.4) is 0 Å². The molecule has 1 aliphatic carbocycles. The van der Waals surface area contributed by atoms with Crippen molar-refractivity contribution in [2.45, 2.75) is 0 Å². The van der Waals surface area contributed by atoms with Gasteiger partial charge in [-0.2, -0.15) is 0 Å². The molecule has 0 saturated heterocycles. The second-order valence-electron chi connectivity index (χ2n) is 5.30. The van der Waals surface area contributed by atoms with Crippen molar-refractivity contribution >= 4 is 23.8 Å². The minimum atomic E-state index is -0.446. The van der Waals surface area contributed by atoms with Gasteiger partial charge in [0, 0.05) is 20.1 Å². The summed E-state index contributed by atoms with van der Waals surface area (Å²) in [6, 6.07) is 32.3. The smallest absolute Gasteiger partial charge is 0 e. The van der Waals surface area contributed by atoms with E-state index >= 15 is 0 Å². The van der Waals surface area contributed by atoms with Gasteiger partial charge in [0.2, 0.25) is 0 Å². The Balaban J connectivity index is 0. The van der Waals surface area contributed by atoms with Gasteiger partial charge >= 0.3 is 11.3 Å². The maximum Gasteiger partial charge on any atom is 0 e. The fourth-order valence-electron chi connectivity index (χ4n) is 2.50. The van der Waals surface area contributed by atoms with Gasteiger partial charge in [-0.3, -0.25) is 0 Å². The van der Waals surface area contributed by atoms with Crippen LogP contribution in [-0.4, -0.2) is 0 Å². The zero-order valence-electron chi connectivity index (χ0n) is 16.1. The van der Waals surface area contributed by atoms with Crippen LogP contribution in [0.2, 0.25) is 0 Å². The van der Waals surface area contributed by atoms with E-state index in [4.69, 9.17) is 4.65 Å². The largest absolute Gasteiger partial charge is 1.00 e. The summed E-state index contributed by atoms with van der Waals surface area (Å²) in [5, 5.41) is 4.19. The summed E-state index contributed by atoms with van der Waals surface area (Å²) in [5.41, 5.74) is 0. The molecule has 1 saturated carbocycles. The average molecular weight is 690 g/mol. The van der Waals surface area contributed by atoms with Gasteiger partial charge < -0.3 is 31.4 Å². The summed E-state index contributed by atoms with van der Waals surface area (Å²) in [6.45, 7) is 4.50. The minimum absolute atomic E-state index is 0. The molecular weight excluding hydrogens is 666 g/mol. The van der Waals surface area contributed by atoms with Gasteiger partial charge in [-0.15, -0.1) is 0 Å². The topological polar surface area (TPSA) is 19.9 Å². The quantitative estimate of drug-likeness (QED) is 0.174. The standard InChI is InChI=1S/C18H15P.C5H5.CO.CH3.HI.Ir/c1-4-10-16(11-5-1)19(17-12-6-2-7-13-17)18-14-8-3-9-15-18;1-2-4-5-3-1;1-2;;;/h1-15H;1-5H;;1H3;1H;/q;;;-1;;/p-1. The second kappa shape index (κ2) is 19.2. The molecule has 152 valence electrons. The Morgan fingerprint density at radius 2 is 0.690 bits per heavy atom. The van der Waals surface area contributed by atoms with E-state index in [-0.39, 0.29) is 51.5 Å². The van der Waals surface area contributed by atoms with E-state index < -0.39 is 7.92 Å². The van der Waals surface area contributed by atoms with Gasteiger partial charge in [-0.05, 0) is 55.9 Å². The van der Waals surface area contributed by atoms with Crippen molar-refractivity contribution in [1.82, 2.24) is 0 Å². The number of benzene rings is 3. The maximum absolute atomic E-state index is 7.50. The van der Waals surface area contributed by atoms with Gasteiger partial charge in [0.25, 0.3) is 0 Å². The van der Waals surface area contributed by atoms with E-state index in [9.17, 15) is 0 Å². The molecule has 0 spiro atoms. The Morgan fingerprint density at radius 3 is 0.897 bits per heavy atom. The number of halogens is 1. The first-order chi connectivity index (χ1) is 12.9. The van der Waals surface area contributed by atoms with E-state index in [1.54, 1.807) is 0 Å². The Hall–Kier alpha value is -0.791. The van der Waals surface area contributed by atoms with Crippen molar-refractivity contribution in [3.63, 3.8) is 0 Å². The van der Waals surface area contributed by atoms with Crippen molar-refractivity contribution in [3.05, 3.63) is 137 Å². The zero-order valence-corrected chi connectivity index (χ0v) is 21.6. The number of rotatable bonds is 3. The van der Waals surface area contributed by atoms with Crippen LogP contribution in [-0.2, 0) is 24.8 Å². The zero-order chi connectivity index (χ0) is 18.5. The molecule has 1 aliphatic rings. The van der Waals surface area contributed by atoms with E-state index in [1.165, 1.54) is 15.9 Å². The average Bonchev–Trinajstić information content (AvgIpc) is 3.33. The Labute approximate surface area is 208 Å². The predicted molar refractivity (Wildman–Crippen MR) is 117 cm³/mol. The summed E-state index contributed by atoms with van der Waals surface area (Å²) >= 11 is 0. The normalized spacial score (nSPS) is 11.1. The monoisotopic (exact) mass is 690 g/mol. The van der Waals surface area contributed by atoms with Crippen molar-refractivity contribution in [2.24, 2.45) is 0 Å². The Bertz CT molecular complexity index is 645. The third kappa shape index (κ3) is 10.7. The molecule has 4 heteroatoms. The van der Waals surface area contributed by atoms with Crippen LogP contribution in [0.15, 0.2) is 91.0 Å². The molecule has 0 amide bonds. The number of hydrogen-bond acceptors (Lipinski definition) is 0. The van der Waals surface area contributed by atoms with E-state index in [0.29, 0.717) is 0 Å². The minimum Gasteiger partial charge on any atom is -1.00 e. The van der Waals surface area contributed by atoms with Crippen LogP contribution in [0.5, 0.6) is 0 Å². The second-order valence-corrected chi connectivity index (χ2v) is 7.52. The molecule has 0 aromatic heterocycles. The van der Waals surface area contributed by atoms with Crippen molar-refractivity contribution in [2.75, 3.05) is 0 Å². The van der Waals surface area contributed by atoms with Crippen LogP contribution in [0.1, 0.15) is 0 Å². The summed E-state index contributed by atoms with van der Waals surface area (Å²) < 4.78 is 7.50. The van der Waals surface area contributed by atoms with Gasteiger partial charge in [-0.25, -0.2) is 0 Å². The van der Waals surface area contributed by atoms with Crippen LogP contribution < -0.4 is 39.9 Å². The maximum atomic E-state index is 7.50. The van der Waals surface area contributed by atoms with E-state index in [1.807, 2.05) is 32.1 Å². The molecular formula is C25H23IIrOP-2. The molecule has 0 aliphatic heterocycles. The van der Waals surface area contributed by atoms with Crippen LogP contribution in [0.4, 0.5) is 0 Å². The molecule has 0 atom stereocenters. The van der Waals surface area contributed by atoms with Gasteiger partial charge in [0.1, 0.15) is 0 Å². The van der Waals surface area contributed by atoms with Crippen molar-refractivity contribution in [3.8, 4) is 0 Å². The van der Waals surface area contributed by atoms with Crippen LogP contribution >= 0.6 is 7.92 Å². The summed E-state index contributed by atoms with van der Waals surface area (Å²) in [7, 11) is -0.446. The number of hydrogen-bond donors (Lipinski definition) is 0. The summed E-state index contributed by atoms with van der Waals surface area (Å²) in [6.07, 6.45) is 10.0. The van der Waals surface area contributed by atoms with Crippen LogP contribution in [0, 0.1) is 46.2 Å². The molecule has 1 fully saturated rings. The molecule has 0 N–H and O–H groups in total. The summed E-state index contributed by atoms with van der Waals surface area (Å²) in [4.78, 5) is 0. The SMILES string of the molecule is [C-]#[O+].[CH3-].[CH]1[CH][CH][CH][CH]1.[I-].[Ir].c1ccc(P(c2ccccc2)c2ccccc2)cc1. The third-order valence-corrected chi connectivity index (χ3v) is 6.04. The molecule has 6 radical (unpaired) electrons. The molecule has 3 aromatic carbocycles. The molecule has 0 heterocycles. The summed E-state index contributed by atoms with van der Waals surface area (Å²) in [5.74, 6) is 0. The molecule has 29 heavy (non-hydrogen) atoms. The van der Waals surface area contributed by atoms with Gasteiger partial charge in [-0.1, -0.05) is 91.0 Å². The Kier molecular flexibility index (Phi) is 20.1. The first-order valence-electron chi connectivity index (χ1n) is 8.27. The van der Waals surface area contributed by atoms with Gasteiger partial charge in [0.05, 0.1) is 0 Å². The molecule has 0 bridgehead atoms. The van der Waals surface area contributed by atoms with E-state index in [0.717, 1.165) is 0 Å². The first-order valence-corrected chi connectivity index (χ1v) is 9.62. The predicted octanol–water partition coefficient (Wildman–Crippen LogP) is 1.88. The van der Waals surface area contributed by atoms with Crippen LogP contribution in [0.25, 0.3) is 0 Å². The van der Waals surface area contributed by atoms with Gasteiger partial charge in [0.15, 0.2) is 0 Å². The van der Waals surface area contributed by atoms with E-state index in [2.05, 4.69) is 97.6 Å². The molecule has 4 rings (SSSR count). The first kappa shape index (κ1) is 30.4. The van der Waals surface area contributed by atoms with Crippen molar-refractivity contribution < 1.29 is 48.7 Å². The molecule has 3 aromatic rings. The molecule has 1 nitrogen and oxygen atoms in total. The third-order valence-electron chi connectivity index (χ3n) is 3.60. The fourth-order valence-corrected chi connectivity index (χ4v) is 4.80. The van der Waals surface area contributed by atoms with Crippen molar-refractivity contribution in [1.29, 1.82) is 0 Å². The molecule has 0 unspecified atom stereocenters. The fraction of sp³-hybridized carbons (Fsp3) is 0.